The van der Waals surface area contributed by atoms with Crippen LogP contribution in [0.4, 0.5) is 0 Å². The third kappa shape index (κ3) is 17.7. The van der Waals surface area contributed by atoms with Gasteiger partial charge in [-0.2, -0.15) is 0 Å². The molecule has 39 heavy (non-hydrogen) atoms. The van der Waals surface area contributed by atoms with E-state index >= 15 is 0 Å². The van der Waals surface area contributed by atoms with Gasteiger partial charge >= 0.3 is 0 Å². The second kappa shape index (κ2) is 24.2. The Morgan fingerprint density at radius 1 is 0.487 bits per heavy atom. The Morgan fingerprint density at radius 3 is 1.51 bits per heavy atom. The summed E-state index contributed by atoms with van der Waals surface area (Å²) < 4.78 is 2.52. The molecule has 0 aliphatic heterocycles. The molecule has 0 unspecified atom stereocenters. The Labute approximate surface area is 243 Å². The maximum Gasteiger partial charge on any atom is 0.108 e. The third-order valence-corrected chi connectivity index (χ3v) is 8.41. The number of aryl methyl sites for hydroxylation is 4. The highest BCUT2D eigenvalue weighted by molar-refractivity contribution is 5.15. The highest BCUT2D eigenvalue weighted by atomic mass is 15.1. The van der Waals surface area contributed by atoms with Gasteiger partial charge in [0.1, 0.15) is 5.82 Å². The van der Waals surface area contributed by atoms with Gasteiger partial charge in [-0.15, -0.1) is 0 Å². The maximum atomic E-state index is 5.11. The van der Waals surface area contributed by atoms with Crippen LogP contribution in [0.3, 0.4) is 0 Å². The zero-order valence-corrected chi connectivity index (χ0v) is 26.2. The number of hydrogen-bond donors (Lipinski definition) is 0. The molecule has 1 heterocycles. The van der Waals surface area contributed by atoms with Crippen LogP contribution < -0.4 is 0 Å². The summed E-state index contributed by atoms with van der Waals surface area (Å²) >= 11 is 0. The zero-order valence-electron chi connectivity index (χ0n) is 26.2. The zero-order chi connectivity index (χ0) is 27.6. The SMILES string of the molecule is CCCCCCCCCCCCCCCCCCn1cc(CCCc2ccccc2)nc1CCCCCCC. The summed E-state index contributed by atoms with van der Waals surface area (Å²) in [7, 11) is 0. The smallest absolute Gasteiger partial charge is 0.108 e. The molecule has 0 fully saturated rings. The van der Waals surface area contributed by atoms with Crippen LogP contribution in [0.5, 0.6) is 0 Å². The van der Waals surface area contributed by atoms with E-state index in [0.29, 0.717) is 0 Å². The van der Waals surface area contributed by atoms with Gasteiger partial charge in [-0.3, -0.25) is 0 Å². The Balaban J connectivity index is 1.56. The van der Waals surface area contributed by atoms with Crippen molar-refractivity contribution >= 4 is 0 Å². The molecule has 2 nitrogen and oxygen atoms in total. The van der Waals surface area contributed by atoms with Gasteiger partial charge in [-0.1, -0.05) is 166 Å². The average molecular weight is 537 g/mol. The van der Waals surface area contributed by atoms with Gasteiger partial charge in [0, 0.05) is 19.2 Å². The highest BCUT2D eigenvalue weighted by Gasteiger charge is 2.08. The molecule has 1 aromatic heterocycles. The molecule has 0 aliphatic carbocycles. The molecular formula is C37H64N2. The van der Waals surface area contributed by atoms with E-state index in [0.717, 1.165) is 25.8 Å². The summed E-state index contributed by atoms with van der Waals surface area (Å²) in [5, 5.41) is 0. The molecule has 0 spiro atoms. The first-order valence-electron chi connectivity index (χ1n) is 17.4. The van der Waals surface area contributed by atoms with Gasteiger partial charge in [0.05, 0.1) is 5.69 Å². The number of rotatable bonds is 27. The summed E-state index contributed by atoms with van der Waals surface area (Å²) in [6.45, 7) is 5.76. The van der Waals surface area contributed by atoms with Crippen LogP contribution >= 0.6 is 0 Å². The lowest BCUT2D eigenvalue weighted by atomic mass is 10.0. The van der Waals surface area contributed by atoms with Crippen molar-refractivity contribution in [1.29, 1.82) is 0 Å². The molecule has 0 N–H and O–H groups in total. The van der Waals surface area contributed by atoms with Crippen molar-refractivity contribution in [2.24, 2.45) is 0 Å². The highest BCUT2D eigenvalue weighted by Crippen LogP contribution is 2.16. The lowest BCUT2D eigenvalue weighted by Gasteiger charge is -2.08. The van der Waals surface area contributed by atoms with E-state index in [-0.39, 0.29) is 0 Å². The Morgan fingerprint density at radius 2 is 0.974 bits per heavy atom. The van der Waals surface area contributed by atoms with Crippen LogP contribution in [0, 0.1) is 0 Å². The summed E-state index contributed by atoms with van der Waals surface area (Å²) in [6, 6.07) is 10.9. The van der Waals surface area contributed by atoms with Crippen molar-refractivity contribution in [1.82, 2.24) is 9.55 Å². The molecule has 0 saturated carbocycles. The summed E-state index contributed by atoms with van der Waals surface area (Å²) in [5.74, 6) is 1.35. The van der Waals surface area contributed by atoms with Crippen LogP contribution in [0.2, 0.25) is 0 Å². The largest absolute Gasteiger partial charge is 0.335 e. The molecule has 2 rings (SSSR count). The predicted octanol–water partition coefficient (Wildman–Crippen LogP) is 11.8. The van der Waals surface area contributed by atoms with Crippen molar-refractivity contribution in [3.63, 3.8) is 0 Å². The molecule has 0 atom stereocenters. The lowest BCUT2D eigenvalue weighted by Crippen LogP contribution is -2.03. The summed E-state index contributed by atoms with van der Waals surface area (Å²) in [4.78, 5) is 5.11. The molecule has 1 aromatic carbocycles. The summed E-state index contributed by atoms with van der Waals surface area (Å²) in [5.41, 5.74) is 2.76. The molecule has 2 aromatic rings. The van der Waals surface area contributed by atoms with Crippen molar-refractivity contribution in [3.8, 4) is 0 Å². The normalized spacial score (nSPS) is 11.4. The lowest BCUT2D eigenvalue weighted by molar-refractivity contribution is 0.515. The van der Waals surface area contributed by atoms with Crippen LogP contribution in [0.15, 0.2) is 36.5 Å². The Bertz CT molecular complexity index is 778. The molecule has 0 bridgehead atoms. The topological polar surface area (TPSA) is 17.8 Å². The van der Waals surface area contributed by atoms with Crippen LogP contribution in [0.1, 0.15) is 172 Å². The minimum atomic E-state index is 1.10. The predicted molar refractivity (Wildman–Crippen MR) is 173 cm³/mol. The molecule has 2 heteroatoms. The van der Waals surface area contributed by atoms with Crippen LogP contribution in [0.25, 0.3) is 0 Å². The minimum Gasteiger partial charge on any atom is -0.335 e. The number of imidazole rings is 1. The second-order valence-electron chi connectivity index (χ2n) is 12.1. The molecule has 222 valence electrons. The molecule has 0 aliphatic rings. The first-order valence-corrected chi connectivity index (χ1v) is 17.4. The third-order valence-electron chi connectivity index (χ3n) is 8.41. The van der Waals surface area contributed by atoms with Gasteiger partial charge < -0.3 is 4.57 Å². The van der Waals surface area contributed by atoms with E-state index < -0.39 is 0 Å². The van der Waals surface area contributed by atoms with E-state index in [1.54, 1.807) is 0 Å². The van der Waals surface area contributed by atoms with Crippen molar-refractivity contribution < 1.29 is 0 Å². The Kier molecular flexibility index (Phi) is 20.9. The maximum absolute atomic E-state index is 5.11. The van der Waals surface area contributed by atoms with Crippen LogP contribution in [-0.2, 0) is 25.8 Å². The summed E-state index contributed by atoms with van der Waals surface area (Å²) in [6.07, 6.45) is 36.6. The second-order valence-corrected chi connectivity index (χ2v) is 12.1. The van der Waals surface area contributed by atoms with Crippen molar-refractivity contribution in [3.05, 3.63) is 53.6 Å². The number of aromatic nitrogens is 2. The van der Waals surface area contributed by atoms with Gasteiger partial charge in [0.25, 0.3) is 0 Å². The number of unbranched alkanes of at least 4 members (excludes halogenated alkanes) is 19. The van der Waals surface area contributed by atoms with E-state index in [2.05, 4.69) is 54.9 Å². The minimum absolute atomic E-state index is 1.10. The van der Waals surface area contributed by atoms with E-state index in [1.165, 1.54) is 158 Å². The average Bonchev–Trinajstić information content (AvgIpc) is 3.34. The molecule has 0 radical (unpaired) electrons. The van der Waals surface area contributed by atoms with Crippen LogP contribution in [-0.4, -0.2) is 9.55 Å². The molecule has 0 amide bonds. The number of hydrogen-bond acceptors (Lipinski definition) is 1. The van der Waals surface area contributed by atoms with Gasteiger partial charge in [0.15, 0.2) is 0 Å². The quantitative estimate of drug-likeness (QED) is 0.104. The fraction of sp³-hybridized carbons (Fsp3) is 0.757. The first kappa shape index (κ1) is 33.6. The molecule has 0 saturated heterocycles. The first-order chi connectivity index (χ1) is 19.3. The molecular weight excluding hydrogens is 472 g/mol. The van der Waals surface area contributed by atoms with Gasteiger partial charge in [-0.25, -0.2) is 4.98 Å². The van der Waals surface area contributed by atoms with E-state index in [1.807, 2.05) is 0 Å². The fourth-order valence-corrected chi connectivity index (χ4v) is 5.86. The fourth-order valence-electron chi connectivity index (χ4n) is 5.86. The van der Waals surface area contributed by atoms with Gasteiger partial charge in [0.2, 0.25) is 0 Å². The standard InChI is InChI=1S/C37H64N2/c1-3-5-7-9-10-11-12-13-14-15-16-17-18-19-21-26-33-39-34-36(31-27-30-35-28-23-22-24-29-35)38-37(39)32-25-20-8-6-4-2/h22-24,28-29,34H,3-21,25-27,30-33H2,1-2H3. The van der Waals surface area contributed by atoms with Gasteiger partial charge in [-0.05, 0) is 37.7 Å². The monoisotopic (exact) mass is 537 g/mol. The van der Waals surface area contributed by atoms with Crippen molar-refractivity contribution in [2.75, 3.05) is 0 Å². The van der Waals surface area contributed by atoms with Crippen molar-refractivity contribution in [2.45, 2.75) is 181 Å². The Hall–Kier alpha value is -1.57. The van der Waals surface area contributed by atoms with E-state index in [9.17, 15) is 0 Å². The number of nitrogens with zero attached hydrogens (tertiary/aromatic N) is 2. The van der Waals surface area contributed by atoms with E-state index in [4.69, 9.17) is 4.98 Å². The number of benzene rings is 1.